The van der Waals surface area contributed by atoms with Gasteiger partial charge in [0.05, 0.1) is 0 Å². The summed E-state index contributed by atoms with van der Waals surface area (Å²) in [6, 6.07) is 0.411. The molecule has 1 aliphatic carbocycles. The molecule has 1 saturated heterocycles. The van der Waals surface area contributed by atoms with Crippen LogP contribution in [-0.4, -0.2) is 46.9 Å². The summed E-state index contributed by atoms with van der Waals surface area (Å²) in [5.41, 5.74) is 0.205. The number of piperazine rings is 1. The average molecular weight is 236 g/mol. The molecule has 17 heavy (non-hydrogen) atoms. The first-order valence-corrected chi connectivity index (χ1v) is 6.61. The Balaban J connectivity index is 2.08. The van der Waals surface area contributed by atoms with E-state index in [0.29, 0.717) is 6.04 Å². The van der Waals surface area contributed by atoms with Crippen LogP contribution in [0.15, 0.2) is 12.7 Å². The molecule has 2 rings (SSSR count). The lowest BCUT2D eigenvalue weighted by Gasteiger charge is -2.46. The Morgan fingerprint density at radius 2 is 1.94 bits per heavy atom. The zero-order valence-electron chi connectivity index (χ0n) is 11.3. The number of hydrogen-bond acceptors (Lipinski definition) is 2. The van der Waals surface area contributed by atoms with Gasteiger partial charge in [-0.3, -0.25) is 9.69 Å². The van der Waals surface area contributed by atoms with Crippen molar-refractivity contribution in [3.05, 3.63) is 12.7 Å². The SMILES string of the molecule is C=CC(=O)N1CCN(C(C)(C)C)CC1C1CC1. The van der Waals surface area contributed by atoms with Gasteiger partial charge in [0.2, 0.25) is 5.91 Å². The molecule has 1 saturated carbocycles. The number of nitrogens with zero attached hydrogens (tertiary/aromatic N) is 2. The van der Waals surface area contributed by atoms with Gasteiger partial charge in [-0.05, 0) is 45.6 Å². The molecule has 1 atom stereocenters. The molecule has 3 heteroatoms. The van der Waals surface area contributed by atoms with Crippen LogP contribution in [0.1, 0.15) is 33.6 Å². The van der Waals surface area contributed by atoms with Crippen LogP contribution in [0.4, 0.5) is 0 Å². The summed E-state index contributed by atoms with van der Waals surface area (Å²) in [5, 5.41) is 0. The third-order valence-corrected chi connectivity index (χ3v) is 3.99. The first kappa shape index (κ1) is 12.6. The first-order valence-electron chi connectivity index (χ1n) is 6.61. The molecular formula is C14H24N2O. The van der Waals surface area contributed by atoms with Gasteiger partial charge in [-0.2, -0.15) is 0 Å². The number of amides is 1. The summed E-state index contributed by atoms with van der Waals surface area (Å²) < 4.78 is 0. The Labute approximate surface area is 104 Å². The summed E-state index contributed by atoms with van der Waals surface area (Å²) in [7, 11) is 0. The van der Waals surface area contributed by atoms with Crippen molar-refractivity contribution < 1.29 is 4.79 Å². The lowest BCUT2D eigenvalue weighted by atomic mass is 9.99. The number of rotatable bonds is 2. The number of carbonyl (C=O) groups is 1. The molecule has 0 N–H and O–H groups in total. The molecule has 0 aromatic heterocycles. The summed E-state index contributed by atoms with van der Waals surface area (Å²) in [4.78, 5) is 16.4. The summed E-state index contributed by atoms with van der Waals surface area (Å²) in [6.07, 6.45) is 4.02. The van der Waals surface area contributed by atoms with Gasteiger partial charge in [-0.25, -0.2) is 0 Å². The van der Waals surface area contributed by atoms with Gasteiger partial charge in [0, 0.05) is 31.2 Å². The highest BCUT2D eigenvalue weighted by molar-refractivity contribution is 5.87. The second kappa shape index (κ2) is 4.45. The molecule has 3 nitrogen and oxygen atoms in total. The summed E-state index contributed by atoms with van der Waals surface area (Å²) in [5.74, 6) is 0.833. The topological polar surface area (TPSA) is 23.6 Å². The summed E-state index contributed by atoms with van der Waals surface area (Å²) >= 11 is 0. The van der Waals surface area contributed by atoms with Gasteiger partial charge >= 0.3 is 0 Å². The third kappa shape index (κ3) is 2.71. The van der Waals surface area contributed by atoms with E-state index in [1.54, 1.807) is 0 Å². The molecule has 1 amide bonds. The van der Waals surface area contributed by atoms with Gasteiger partial charge in [0.15, 0.2) is 0 Å². The fourth-order valence-corrected chi connectivity index (χ4v) is 2.69. The van der Waals surface area contributed by atoms with Crippen LogP contribution in [-0.2, 0) is 4.79 Å². The number of carbonyl (C=O) groups excluding carboxylic acids is 1. The van der Waals surface area contributed by atoms with Crippen LogP contribution in [0, 0.1) is 5.92 Å². The molecule has 0 spiro atoms. The molecular weight excluding hydrogens is 212 g/mol. The first-order chi connectivity index (χ1) is 7.93. The summed E-state index contributed by atoms with van der Waals surface area (Å²) in [6.45, 7) is 13.2. The van der Waals surface area contributed by atoms with Crippen LogP contribution in [0.25, 0.3) is 0 Å². The molecule has 1 unspecified atom stereocenters. The fraction of sp³-hybridized carbons (Fsp3) is 0.786. The Hall–Kier alpha value is -0.830. The molecule has 96 valence electrons. The predicted molar refractivity (Wildman–Crippen MR) is 69.7 cm³/mol. The van der Waals surface area contributed by atoms with Crippen LogP contribution in [0.3, 0.4) is 0 Å². The second-order valence-electron chi connectivity index (χ2n) is 6.26. The zero-order chi connectivity index (χ0) is 12.6. The quantitative estimate of drug-likeness (QED) is 0.684. The normalized spacial score (nSPS) is 27.0. The molecule has 0 aromatic carbocycles. The van der Waals surface area contributed by atoms with Gasteiger partial charge in [-0.1, -0.05) is 6.58 Å². The Kier molecular flexibility index (Phi) is 3.30. The van der Waals surface area contributed by atoms with E-state index in [-0.39, 0.29) is 11.4 Å². The van der Waals surface area contributed by atoms with Crippen molar-refractivity contribution in [3.8, 4) is 0 Å². The van der Waals surface area contributed by atoms with Crippen LogP contribution in [0.5, 0.6) is 0 Å². The lowest BCUT2D eigenvalue weighted by molar-refractivity contribution is -0.132. The van der Waals surface area contributed by atoms with Crippen molar-refractivity contribution in [1.82, 2.24) is 9.80 Å². The molecule has 0 aromatic rings. The fourth-order valence-electron chi connectivity index (χ4n) is 2.69. The van der Waals surface area contributed by atoms with E-state index < -0.39 is 0 Å². The highest BCUT2D eigenvalue weighted by Crippen LogP contribution is 2.38. The van der Waals surface area contributed by atoms with Crippen molar-refractivity contribution in [2.24, 2.45) is 5.92 Å². The Bertz CT molecular complexity index is 315. The maximum absolute atomic E-state index is 11.9. The minimum atomic E-state index is 0.107. The minimum absolute atomic E-state index is 0.107. The maximum Gasteiger partial charge on any atom is 0.246 e. The van der Waals surface area contributed by atoms with Crippen molar-refractivity contribution >= 4 is 5.91 Å². The smallest absolute Gasteiger partial charge is 0.246 e. The van der Waals surface area contributed by atoms with E-state index in [0.717, 1.165) is 25.6 Å². The molecule has 2 fully saturated rings. The largest absolute Gasteiger partial charge is 0.333 e. The van der Waals surface area contributed by atoms with E-state index in [4.69, 9.17) is 0 Å². The van der Waals surface area contributed by atoms with E-state index in [1.807, 2.05) is 4.90 Å². The minimum Gasteiger partial charge on any atom is -0.333 e. The van der Waals surface area contributed by atoms with Crippen molar-refractivity contribution in [2.75, 3.05) is 19.6 Å². The van der Waals surface area contributed by atoms with Crippen molar-refractivity contribution in [2.45, 2.75) is 45.2 Å². The Morgan fingerprint density at radius 3 is 2.41 bits per heavy atom. The molecule has 1 aliphatic heterocycles. The van der Waals surface area contributed by atoms with Crippen LogP contribution >= 0.6 is 0 Å². The molecule has 1 heterocycles. The second-order valence-corrected chi connectivity index (χ2v) is 6.26. The van der Waals surface area contributed by atoms with E-state index in [9.17, 15) is 4.79 Å². The monoisotopic (exact) mass is 236 g/mol. The molecule has 0 radical (unpaired) electrons. The van der Waals surface area contributed by atoms with Gasteiger partial charge in [0.1, 0.15) is 0 Å². The highest BCUT2D eigenvalue weighted by atomic mass is 16.2. The van der Waals surface area contributed by atoms with Crippen molar-refractivity contribution in [3.63, 3.8) is 0 Å². The Morgan fingerprint density at radius 1 is 1.29 bits per heavy atom. The van der Waals surface area contributed by atoms with E-state index in [1.165, 1.54) is 18.9 Å². The predicted octanol–water partition coefficient (Wildman–Crippen LogP) is 1.89. The van der Waals surface area contributed by atoms with Crippen molar-refractivity contribution in [1.29, 1.82) is 0 Å². The van der Waals surface area contributed by atoms with E-state index in [2.05, 4.69) is 32.3 Å². The van der Waals surface area contributed by atoms with Crippen LogP contribution < -0.4 is 0 Å². The zero-order valence-corrected chi connectivity index (χ0v) is 11.3. The third-order valence-electron chi connectivity index (χ3n) is 3.99. The maximum atomic E-state index is 11.9. The van der Waals surface area contributed by atoms with Gasteiger partial charge < -0.3 is 4.90 Å². The van der Waals surface area contributed by atoms with E-state index >= 15 is 0 Å². The van der Waals surface area contributed by atoms with Gasteiger partial charge in [0.25, 0.3) is 0 Å². The lowest BCUT2D eigenvalue weighted by Crippen LogP contribution is -2.60. The number of hydrogen-bond donors (Lipinski definition) is 0. The standard InChI is InChI=1S/C14H24N2O/c1-5-13(17)16-9-8-15(14(2,3)4)10-12(16)11-6-7-11/h5,11-12H,1,6-10H2,2-4H3. The highest BCUT2D eigenvalue weighted by Gasteiger charge is 2.41. The van der Waals surface area contributed by atoms with Gasteiger partial charge in [-0.15, -0.1) is 0 Å². The van der Waals surface area contributed by atoms with Crippen LogP contribution in [0.2, 0.25) is 0 Å². The molecule has 0 bridgehead atoms. The molecule has 2 aliphatic rings. The average Bonchev–Trinajstić information content (AvgIpc) is 3.10.